The van der Waals surface area contributed by atoms with Gasteiger partial charge in [-0.05, 0) is 13.0 Å². The molecule has 22 heavy (non-hydrogen) atoms. The fourth-order valence-corrected chi connectivity index (χ4v) is 3.29. The predicted molar refractivity (Wildman–Crippen MR) is 89.4 cm³/mol. The van der Waals surface area contributed by atoms with Gasteiger partial charge >= 0.3 is 0 Å². The van der Waals surface area contributed by atoms with Crippen LogP contribution in [0.5, 0.6) is 5.88 Å². The molecule has 6 nitrogen and oxygen atoms in total. The third-order valence-corrected chi connectivity index (χ3v) is 4.46. The van der Waals surface area contributed by atoms with Crippen molar-refractivity contribution in [1.29, 1.82) is 0 Å². The smallest absolute Gasteiger partial charge is 0.215 e. The van der Waals surface area contributed by atoms with Crippen LogP contribution in [0, 0.1) is 0 Å². The lowest BCUT2D eigenvalue weighted by Crippen LogP contribution is -2.46. The minimum Gasteiger partial charge on any atom is -0.478 e. The quantitative estimate of drug-likeness (QED) is 0.907. The fourth-order valence-electron chi connectivity index (χ4n) is 2.56. The summed E-state index contributed by atoms with van der Waals surface area (Å²) < 4.78 is 5.47. The van der Waals surface area contributed by atoms with Crippen LogP contribution in [0.4, 0.5) is 10.9 Å². The summed E-state index contributed by atoms with van der Waals surface area (Å²) in [5.74, 6) is 1.69. The summed E-state index contributed by atoms with van der Waals surface area (Å²) in [6, 6.07) is 5.94. The van der Waals surface area contributed by atoms with Crippen molar-refractivity contribution in [2.24, 2.45) is 0 Å². The van der Waals surface area contributed by atoms with Crippen LogP contribution in [0.2, 0.25) is 0 Å². The highest BCUT2D eigenvalue weighted by Crippen LogP contribution is 2.20. The van der Waals surface area contributed by atoms with E-state index in [1.54, 1.807) is 11.3 Å². The maximum absolute atomic E-state index is 5.68. The van der Waals surface area contributed by atoms with E-state index in [2.05, 4.69) is 19.8 Å². The molecule has 0 spiro atoms. The average Bonchev–Trinajstić information content (AvgIpc) is 2.94. The van der Waals surface area contributed by atoms with Crippen LogP contribution in [0.1, 0.15) is 11.8 Å². The molecule has 0 aromatic carbocycles. The molecule has 1 aliphatic rings. The molecule has 1 saturated heterocycles. The molecule has 0 amide bonds. The van der Waals surface area contributed by atoms with Crippen molar-refractivity contribution >= 4 is 22.3 Å². The van der Waals surface area contributed by atoms with Gasteiger partial charge in [0.25, 0.3) is 0 Å². The van der Waals surface area contributed by atoms with Crippen molar-refractivity contribution in [3.8, 4) is 5.88 Å². The molecule has 0 radical (unpaired) electrons. The summed E-state index contributed by atoms with van der Waals surface area (Å²) in [7, 11) is 0. The average molecular weight is 319 g/mol. The Morgan fingerprint density at radius 3 is 2.77 bits per heavy atom. The first-order valence-electron chi connectivity index (χ1n) is 7.52. The highest BCUT2D eigenvalue weighted by Gasteiger charge is 2.19. The maximum atomic E-state index is 5.68. The molecule has 0 saturated carbocycles. The summed E-state index contributed by atoms with van der Waals surface area (Å²) in [5, 5.41) is 0.644. The molecule has 2 aromatic rings. The van der Waals surface area contributed by atoms with E-state index in [0.29, 0.717) is 17.6 Å². The Morgan fingerprint density at radius 2 is 2.09 bits per heavy atom. The number of nitrogens with zero attached hydrogens (tertiary/aromatic N) is 4. The number of hydrogen-bond donors (Lipinski definition) is 1. The zero-order valence-corrected chi connectivity index (χ0v) is 13.6. The van der Waals surface area contributed by atoms with Crippen molar-refractivity contribution in [3.63, 3.8) is 0 Å². The van der Waals surface area contributed by atoms with Gasteiger partial charge in [-0.2, -0.15) is 4.98 Å². The van der Waals surface area contributed by atoms with Crippen molar-refractivity contribution in [1.82, 2.24) is 14.9 Å². The summed E-state index contributed by atoms with van der Waals surface area (Å²) in [4.78, 5) is 14.6. The first-order chi connectivity index (χ1) is 10.7. The topological polar surface area (TPSA) is 67.5 Å². The molecule has 0 aliphatic carbocycles. The third kappa shape index (κ3) is 3.66. The normalized spacial score (nSPS) is 16.0. The second-order valence-electron chi connectivity index (χ2n) is 5.20. The number of piperazine rings is 1. The highest BCUT2D eigenvalue weighted by atomic mass is 32.1. The number of hydrogen-bond acceptors (Lipinski definition) is 7. The van der Waals surface area contributed by atoms with Crippen LogP contribution in [-0.4, -0.2) is 47.7 Å². The van der Waals surface area contributed by atoms with Crippen LogP contribution in [-0.2, 0) is 6.54 Å². The number of anilines is 2. The number of nitrogen functional groups attached to an aromatic ring is 1. The van der Waals surface area contributed by atoms with E-state index in [0.717, 1.165) is 38.5 Å². The molecule has 3 rings (SSSR count). The number of thiazole rings is 1. The van der Waals surface area contributed by atoms with Gasteiger partial charge in [-0.25, -0.2) is 4.98 Å². The molecule has 1 aliphatic heterocycles. The minimum atomic E-state index is 0.641. The van der Waals surface area contributed by atoms with Gasteiger partial charge in [-0.3, -0.25) is 4.90 Å². The second-order valence-corrected chi connectivity index (χ2v) is 6.34. The number of ether oxygens (including phenoxy) is 1. The lowest BCUT2D eigenvalue weighted by Gasteiger charge is -2.35. The number of pyridine rings is 1. The molecule has 2 aromatic heterocycles. The zero-order chi connectivity index (χ0) is 15.4. The largest absolute Gasteiger partial charge is 0.478 e. The molecule has 1 fully saturated rings. The molecular weight excluding hydrogens is 298 g/mol. The van der Waals surface area contributed by atoms with Gasteiger partial charge in [0.2, 0.25) is 5.88 Å². The molecule has 7 heteroatoms. The first-order valence-corrected chi connectivity index (χ1v) is 8.33. The Bertz CT molecular complexity index is 609. The molecule has 118 valence electrons. The van der Waals surface area contributed by atoms with Gasteiger partial charge in [0.1, 0.15) is 5.82 Å². The summed E-state index contributed by atoms with van der Waals surface area (Å²) >= 11 is 1.57. The van der Waals surface area contributed by atoms with Crippen molar-refractivity contribution in [2.75, 3.05) is 43.4 Å². The van der Waals surface area contributed by atoms with Gasteiger partial charge in [0, 0.05) is 49.9 Å². The number of aromatic nitrogens is 2. The first kappa shape index (κ1) is 15.1. The van der Waals surface area contributed by atoms with Gasteiger partial charge in [-0.1, -0.05) is 6.07 Å². The van der Waals surface area contributed by atoms with Crippen LogP contribution in [0.25, 0.3) is 0 Å². The Kier molecular flexibility index (Phi) is 4.74. The third-order valence-electron chi connectivity index (χ3n) is 3.65. The van der Waals surface area contributed by atoms with Crippen molar-refractivity contribution in [3.05, 3.63) is 29.3 Å². The highest BCUT2D eigenvalue weighted by molar-refractivity contribution is 7.15. The van der Waals surface area contributed by atoms with Gasteiger partial charge < -0.3 is 15.4 Å². The maximum Gasteiger partial charge on any atom is 0.215 e. The zero-order valence-electron chi connectivity index (χ0n) is 12.7. The monoisotopic (exact) mass is 319 g/mol. The van der Waals surface area contributed by atoms with E-state index in [1.807, 2.05) is 31.3 Å². The molecule has 0 unspecified atom stereocenters. The molecule has 0 atom stereocenters. The van der Waals surface area contributed by atoms with Crippen LogP contribution < -0.4 is 15.4 Å². The molecular formula is C15H21N5OS. The van der Waals surface area contributed by atoms with E-state index in [-0.39, 0.29) is 0 Å². The molecule has 0 bridgehead atoms. The van der Waals surface area contributed by atoms with E-state index in [1.165, 1.54) is 4.88 Å². The molecule has 2 N–H and O–H groups in total. The fraction of sp³-hybridized carbons (Fsp3) is 0.467. The second kappa shape index (κ2) is 6.93. The standard InChI is InChI=1S/C15H21N5OS/c1-2-21-14-5-3-4-13(18-14)20-8-6-19(7-9-20)11-12-10-17-15(16)22-12/h3-5,10H,2,6-9,11H2,1H3,(H2,16,17). The molecule has 3 heterocycles. The van der Waals surface area contributed by atoms with E-state index in [4.69, 9.17) is 10.5 Å². The number of rotatable bonds is 5. The van der Waals surface area contributed by atoms with E-state index < -0.39 is 0 Å². The van der Waals surface area contributed by atoms with Crippen LogP contribution in [0.3, 0.4) is 0 Å². The Balaban J connectivity index is 1.56. The van der Waals surface area contributed by atoms with Gasteiger partial charge in [-0.15, -0.1) is 11.3 Å². The summed E-state index contributed by atoms with van der Waals surface area (Å²) in [6.07, 6.45) is 1.87. The minimum absolute atomic E-state index is 0.641. The Hall–Kier alpha value is -1.86. The van der Waals surface area contributed by atoms with Crippen LogP contribution >= 0.6 is 11.3 Å². The van der Waals surface area contributed by atoms with E-state index in [9.17, 15) is 0 Å². The Morgan fingerprint density at radius 1 is 1.27 bits per heavy atom. The van der Waals surface area contributed by atoms with Crippen molar-refractivity contribution in [2.45, 2.75) is 13.5 Å². The van der Waals surface area contributed by atoms with Crippen molar-refractivity contribution < 1.29 is 4.74 Å². The Labute approximate surface area is 134 Å². The number of nitrogens with two attached hydrogens (primary N) is 1. The lowest BCUT2D eigenvalue weighted by molar-refractivity contribution is 0.251. The van der Waals surface area contributed by atoms with E-state index >= 15 is 0 Å². The van der Waals surface area contributed by atoms with Crippen LogP contribution in [0.15, 0.2) is 24.4 Å². The summed E-state index contributed by atoms with van der Waals surface area (Å²) in [5.41, 5.74) is 5.68. The SMILES string of the molecule is CCOc1cccc(N2CCN(Cc3cnc(N)s3)CC2)n1. The predicted octanol–water partition coefficient (Wildman–Crippen LogP) is 1.84. The van der Waals surface area contributed by atoms with Gasteiger partial charge in [0.05, 0.1) is 6.61 Å². The summed E-state index contributed by atoms with van der Waals surface area (Å²) in [6.45, 7) is 7.50. The lowest BCUT2D eigenvalue weighted by atomic mass is 10.3. The van der Waals surface area contributed by atoms with Gasteiger partial charge in [0.15, 0.2) is 5.13 Å².